The molecule has 1 aliphatic heterocycles. The molecule has 2 heterocycles. The Labute approximate surface area is 163 Å². The Morgan fingerprint density at radius 1 is 1.15 bits per heavy atom. The number of benzene rings is 2. The second-order valence-corrected chi connectivity index (χ2v) is 8.19. The Bertz CT molecular complexity index is 920. The minimum atomic E-state index is 0.106. The molecule has 0 aliphatic carbocycles. The third-order valence-corrected chi connectivity index (χ3v) is 6.05. The highest BCUT2D eigenvalue weighted by molar-refractivity contribution is 7.18. The molecule has 0 atom stereocenters. The number of para-hydroxylation sites is 1. The van der Waals surface area contributed by atoms with Gasteiger partial charge in [-0.25, -0.2) is 4.98 Å². The Morgan fingerprint density at radius 2 is 1.89 bits per heavy atom. The van der Waals surface area contributed by atoms with Crippen LogP contribution in [-0.2, 0) is 11.3 Å². The average Bonchev–Trinajstić information content (AvgIpc) is 3.10. The number of amides is 1. The number of quaternary nitrogens is 1. The molecular formula is C22H24N3OS+. The third kappa shape index (κ3) is 4.43. The molecule has 5 heteroatoms. The summed E-state index contributed by atoms with van der Waals surface area (Å²) in [6.45, 7) is 6.56. The summed E-state index contributed by atoms with van der Waals surface area (Å²) in [7, 11) is 0. The van der Waals surface area contributed by atoms with Crippen LogP contribution >= 0.6 is 11.3 Å². The summed E-state index contributed by atoms with van der Waals surface area (Å²) in [6.07, 6.45) is 3.60. The van der Waals surface area contributed by atoms with Gasteiger partial charge >= 0.3 is 0 Å². The van der Waals surface area contributed by atoms with Crippen LogP contribution in [-0.4, -0.2) is 42.0 Å². The van der Waals surface area contributed by atoms with Crippen molar-refractivity contribution in [3.63, 3.8) is 0 Å². The van der Waals surface area contributed by atoms with Crippen LogP contribution in [0.1, 0.15) is 16.1 Å². The van der Waals surface area contributed by atoms with Crippen LogP contribution in [0.3, 0.4) is 0 Å². The first-order chi connectivity index (χ1) is 13.2. The number of aromatic nitrogens is 1. The normalized spacial score (nSPS) is 15.7. The monoisotopic (exact) mass is 378 g/mol. The van der Waals surface area contributed by atoms with Gasteiger partial charge in [-0.2, -0.15) is 0 Å². The summed E-state index contributed by atoms with van der Waals surface area (Å²) in [5, 5.41) is 1.19. The summed E-state index contributed by atoms with van der Waals surface area (Å²) in [4.78, 5) is 20.6. The molecule has 138 valence electrons. The second kappa shape index (κ2) is 8.03. The van der Waals surface area contributed by atoms with E-state index < -0.39 is 0 Å². The summed E-state index contributed by atoms with van der Waals surface area (Å²) >= 11 is 1.78. The largest absolute Gasteiger partial charge is 0.328 e. The van der Waals surface area contributed by atoms with E-state index in [1.54, 1.807) is 17.4 Å². The Hall–Kier alpha value is -2.50. The Morgan fingerprint density at radius 3 is 2.63 bits per heavy atom. The number of carbonyl (C=O) groups is 1. The fourth-order valence-electron chi connectivity index (χ4n) is 3.38. The zero-order valence-electron chi connectivity index (χ0n) is 15.5. The van der Waals surface area contributed by atoms with Gasteiger partial charge in [0.2, 0.25) is 5.91 Å². The Balaban J connectivity index is 1.30. The van der Waals surface area contributed by atoms with Crippen molar-refractivity contribution in [2.45, 2.75) is 13.5 Å². The molecule has 1 amide bonds. The molecule has 1 N–H and O–H groups in total. The molecule has 0 bridgehead atoms. The number of piperazine rings is 1. The molecule has 1 saturated heterocycles. The first-order valence-electron chi connectivity index (χ1n) is 9.39. The SMILES string of the molecule is Cc1ccc(/C=C/C(=O)N2CC[NH+](Cc3nc4ccccc4s3)CC2)cc1. The van der Waals surface area contributed by atoms with Gasteiger partial charge in [0.1, 0.15) is 11.6 Å². The van der Waals surface area contributed by atoms with Crippen LogP contribution in [0.5, 0.6) is 0 Å². The van der Waals surface area contributed by atoms with Crippen molar-refractivity contribution in [1.82, 2.24) is 9.88 Å². The van der Waals surface area contributed by atoms with Gasteiger partial charge < -0.3 is 9.80 Å². The van der Waals surface area contributed by atoms with Crippen molar-refractivity contribution in [2.24, 2.45) is 0 Å². The molecular weight excluding hydrogens is 354 g/mol. The maximum atomic E-state index is 12.4. The molecule has 1 aromatic heterocycles. The standard InChI is InChI=1S/C22H23N3OS/c1-17-6-8-18(9-7-17)10-11-22(26)25-14-12-24(13-15-25)16-21-23-19-4-2-3-5-20(19)27-21/h2-11H,12-16H2,1H3/p+1/b11-10+. The second-order valence-electron chi connectivity index (χ2n) is 7.07. The molecule has 1 fully saturated rings. The molecule has 27 heavy (non-hydrogen) atoms. The lowest BCUT2D eigenvalue weighted by molar-refractivity contribution is -0.917. The van der Waals surface area contributed by atoms with Crippen molar-refractivity contribution in [3.05, 3.63) is 70.7 Å². The van der Waals surface area contributed by atoms with E-state index in [1.165, 1.54) is 20.2 Å². The maximum absolute atomic E-state index is 12.4. The van der Waals surface area contributed by atoms with E-state index in [4.69, 9.17) is 4.98 Å². The van der Waals surface area contributed by atoms with Crippen LogP contribution in [0.15, 0.2) is 54.6 Å². The topological polar surface area (TPSA) is 37.6 Å². The minimum absolute atomic E-state index is 0.106. The van der Waals surface area contributed by atoms with Gasteiger partial charge in [0.15, 0.2) is 0 Å². The highest BCUT2D eigenvalue weighted by atomic mass is 32.1. The molecule has 3 aromatic rings. The number of hydrogen-bond donors (Lipinski definition) is 1. The molecule has 2 aromatic carbocycles. The quantitative estimate of drug-likeness (QED) is 0.709. The van der Waals surface area contributed by atoms with Crippen molar-refractivity contribution in [1.29, 1.82) is 0 Å². The fourth-order valence-corrected chi connectivity index (χ4v) is 4.42. The van der Waals surface area contributed by atoms with Gasteiger partial charge in [0.25, 0.3) is 0 Å². The number of fused-ring (bicyclic) bond motifs is 1. The van der Waals surface area contributed by atoms with Gasteiger partial charge in [0, 0.05) is 6.08 Å². The molecule has 4 rings (SSSR count). The lowest BCUT2D eigenvalue weighted by Gasteiger charge is -2.31. The van der Waals surface area contributed by atoms with Crippen molar-refractivity contribution >= 4 is 33.5 Å². The van der Waals surface area contributed by atoms with Gasteiger partial charge in [-0.05, 0) is 30.7 Å². The average molecular weight is 379 g/mol. The number of carbonyl (C=O) groups excluding carboxylic acids is 1. The van der Waals surface area contributed by atoms with Gasteiger partial charge in [-0.15, -0.1) is 11.3 Å². The number of rotatable bonds is 4. The predicted molar refractivity (Wildman–Crippen MR) is 111 cm³/mol. The summed E-state index contributed by atoms with van der Waals surface area (Å²) < 4.78 is 1.25. The molecule has 0 spiro atoms. The number of nitrogens with one attached hydrogen (secondary N) is 1. The lowest BCUT2D eigenvalue weighted by Crippen LogP contribution is -3.13. The van der Waals surface area contributed by atoms with Crippen LogP contribution in [0, 0.1) is 6.92 Å². The van der Waals surface area contributed by atoms with E-state index in [-0.39, 0.29) is 5.91 Å². The van der Waals surface area contributed by atoms with Crippen LogP contribution < -0.4 is 4.90 Å². The predicted octanol–water partition coefficient (Wildman–Crippen LogP) is 2.55. The smallest absolute Gasteiger partial charge is 0.246 e. The van der Waals surface area contributed by atoms with E-state index in [9.17, 15) is 4.79 Å². The number of nitrogens with zero attached hydrogens (tertiary/aromatic N) is 2. The van der Waals surface area contributed by atoms with Gasteiger partial charge in [0.05, 0.1) is 36.4 Å². The number of aryl methyl sites for hydroxylation is 1. The van der Waals surface area contributed by atoms with Crippen LogP contribution in [0.25, 0.3) is 16.3 Å². The molecule has 0 saturated carbocycles. The summed E-state index contributed by atoms with van der Waals surface area (Å²) in [5.74, 6) is 0.106. The van der Waals surface area contributed by atoms with Gasteiger partial charge in [-0.3, -0.25) is 4.79 Å². The molecule has 0 radical (unpaired) electrons. The summed E-state index contributed by atoms with van der Waals surface area (Å²) in [6, 6.07) is 16.5. The molecule has 4 nitrogen and oxygen atoms in total. The minimum Gasteiger partial charge on any atom is -0.328 e. The fraction of sp³-hybridized carbons (Fsp3) is 0.273. The van der Waals surface area contributed by atoms with E-state index in [0.717, 1.165) is 43.8 Å². The first kappa shape index (κ1) is 17.9. The maximum Gasteiger partial charge on any atom is 0.246 e. The highest BCUT2D eigenvalue weighted by Gasteiger charge is 2.23. The lowest BCUT2D eigenvalue weighted by atomic mass is 10.1. The highest BCUT2D eigenvalue weighted by Crippen LogP contribution is 2.20. The zero-order valence-corrected chi connectivity index (χ0v) is 16.3. The third-order valence-electron chi connectivity index (χ3n) is 5.02. The number of hydrogen-bond acceptors (Lipinski definition) is 3. The first-order valence-corrected chi connectivity index (χ1v) is 10.2. The molecule has 0 unspecified atom stereocenters. The van der Waals surface area contributed by atoms with Crippen molar-refractivity contribution < 1.29 is 9.69 Å². The Kier molecular flexibility index (Phi) is 5.32. The van der Waals surface area contributed by atoms with Crippen molar-refractivity contribution in [2.75, 3.05) is 26.2 Å². The van der Waals surface area contributed by atoms with E-state index >= 15 is 0 Å². The van der Waals surface area contributed by atoms with E-state index in [0.29, 0.717) is 0 Å². The van der Waals surface area contributed by atoms with Crippen LogP contribution in [0.4, 0.5) is 0 Å². The van der Waals surface area contributed by atoms with E-state index in [2.05, 4.69) is 37.3 Å². The molecule has 1 aliphatic rings. The van der Waals surface area contributed by atoms with E-state index in [1.807, 2.05) is 29.2 Å². The zero-order chi connectivity index (χ0) is 18.6. The number of thiazole rings is 1. The van der Waals surface area contributed by atoms with Crippen molar-refractivity contribution in [3.8, 4) is 0 Å². The summed E-state index contributed by atoms with van der Waals surface area (Å²) in [5.41, 5.74) is 3.38. The van der Waals surface area contributed by atoms with Crippen LogP contribution in [0.2, 0.25) is 0 Å². The van der Waals surface area contributed by atoms with Gasteiger partial charge in [-0.1, -0.05) is 42.0 Å².